The summed E-state index contributed by atoms with van der Waals surface area (Å²) in [4.78, 5) is 14.0. The van der Waals surface area contributed by atoms with Gasteiger partial charge in [-0.3, -0.25) is 4.79 Å². The minimum absolute atomic E-state index is 0.119. The molecule has 1 unspecified atom stereocenters. The Morgan fingerprint density at radius 3 is 2.88 bits per heavy atom. The molecular formula is C19H29N3O3. The van der Waals surface area contributed by atoms with Gasteiger partial charge < -0.3 is 25.4 Å². The van der Waals surface area contributed by atoms with Crippen molar-refractivity contribution in [3.05, 3.63) is 29.8 Å². The number of amides is 1. The number of methoxy groups -OCH3 is 1. The number of hydrogen-bond donors (Lipinski definition) is 2. The number of carbonyl (C=O) groups is 1. The zero-order chi connectivity index (χ0) is 17.7. The van der Waals surface area contributed by atoms with Gasteiger partial charge >= 0.3 is 0 Å². The molecule has 0 radical (unpaired) electrons. The number of benzene rings is 1. The van der Waals surface area contributed by atoms with Gasteiger partial charge in [0, 0.05) is 64.5 Å². The van der Waals surface area contributed by atoms with Crippen LogP contribution in [-0.4, -0.2) is 57.5 Å². The number of ether oxygens (including phenoxy) is 2. The highest BCUT2D eigenvalue weighted by Gasteiger charge is 2.33. The number of hydrogen-bond acceptors (Lipinski definition) is 5. The van der Waals surface area contributed by atoms with Crippen molar-refractivity contribution in [3.63, 3.8) is 0 Å². The molecule has 1 atom stereocenters. The van der Waals surface area contributed by atoms with Crippen LogP contribution in [0.25, 0.3) is 0 Å². The number of piperidine rings is 1. The minimum atomic E-state index is -0.369. The van der Waals surface area contributed by atoms with Gasteiger partial charge in [0.2, 0.25) is 0 Å². The van der Waals surface area contributed by atoms with Crippen LogP contribution in [0.4, 0.5) is 5.69 Å². The topological polar surface area (TPSA) is 76.8 Å². The predicted molar refractivity (Wildman–Crippen MR) is 98.0 cm³/mol. The molecule has 0 bridgehead atoms. The molecule has 2 saturated heterocycles. The van der Waals surface area contributed by atoms with Crippen LogP contribution in [0.15, 0.2) is 24.3 Å². The molecule has 0 spiro atoms. The van der Waals surface area contributed by atoms with Gasteiger partial charge in [0.15, 0.2) is 0 Å². The summed E-state index contributed by atoms with van der Waals surface area (Å²) >= 11 is 0. The Labute approximate surface area is 149 Å². The van der Waals surface area contributed by atoms with E-state index in [1.54, 1.807) is 13.2 Å². The SMILES string of the molecule is COC1(CNC2CCCN(c3ccccc3C(N)=O)C2)CCOCC1. The molecule has 25 heavy (non-hydrogen) atoms. The number of nitrogens with two attached hydrogens (primary N) is 1. The molecule has 6 heteroatoms. The van der Waals surface area contributed by atoms with Crippen molar-refractivity contribution < 1.29 is 14.3 Å². The van der Waals surface area contributed by atoms with E-state index < -0.39 is 0 Å². The first-order valence-corrected chi connectivity index (χ1v) is 9.14. The van der Waals surface area contributed by atoms with Crippen molar-refractivity contribution in [1.82, 2.24) is 5.32 Å². The lowest BCUT2D eigenvalue weighted by Crippen LogP contribution is -2.53. The predicted octanol–water partition coefficient (Wildman–Crippen LogP) is 1.54. The largest absolute Gasteiger partial charge is 0.381 e. The van der Waals surface area contributed by atoms with Crippen LogP contribution in [-0.2, 0) is 9.47 Å². The minimum Gasteiger partial charge on any atom is -0.381 e. The quantitative estimate of drug-likeness (QED) is 0.816. The molecule has 2 heterocycles. The number of rotatable bonds is 6. The average Bonchev–Trinajstić information content (AvgIpc) is 2.67. The third-order valence-electron chi connectivity index (χ3n) is 5.48. The van der Waals surface area contributed by atoms with Crippen LogP contribution in [0, 0.1) is 0 Å². The van der Waals surface area contributed by atoms with Gasteiger partial charge in [0.1, 0.15) is 0 Å². The fourth-order valence-electron chi connectivity index (χ4n) is 3.85. The van der Waals surface area contributed by atoms with Crippen molar-refractivity contribution in [3.8, 4) is 0 Å². The highest BCUT2D eigenvalue weighted by molar-refractivity contribution is 5.98. The van der Waals surface area contributed by atoms with E-state index in [2.05, 4.69) is 10.2 Å². The lowest BCUT2D eigenvalue weighted by Gasteiger charge is -2.40. The molecule has 138 valence electrons. The Bertz CT molecular complexity index is 587. The third-order valence-corrected chi connectivity index (χ3v) is 5.48. The van der Waals surface area contributed by atoms with Crippen LogP contribution < -0.4 is 16.0 Å². The summed E-state index contributed by atoms with van der Waals surface area (Å²) in [5.41, 5.74) is 6.96. The van der Waals surface area contributed by atoms with E-state index in [-0.39, 0.29) is 11.5 Å². The van der Waals surface area contributed by atoms with Crippen molar-refractivity contribution in [1.29, 1.82) is 0 Å². The van der Waals surface area contributed by atoms with Gasteiger partial charge in [0.05, 0.1) is 11.2 Å². The van der Waals surface area contributed by atoms with E-state index in [4.69, 9.17) is 15.2 Å². The van der Waals surface area contributed by atoms with Crippen LogP contribution in [0.2, 0.25) is 0 Å². The number of primary amides is 1. The lowest BCUT2D eigenvalue weighted by molar-refractivity contribution is -0.0887. The van der Waals surface area contributed by atoms with Crippen molar-refractivity contribution in [2.24, 2.45) is 5.73 Å². The monoisotopic (exact) mass is 347 g/mol. The third kappa shape index (κ3) is 4.32. The smallest absolute Gasteiger partial charge is 0.250 e. The van der Waals surface area contributed by atoms with Crippen molar-refractivity contribution in [2.45, 2.75) is 37.3 Å². The fraction of sp³-hybridized carbons (Fsp3) is 0.632. The molecular weight excluding hydrogens is 318 g/mol. The van der Waals surface area contributed by atoms with E-state index >= 15 is 0 Å². The van der Waals surface area contributed by atoms with Crippen LogP contribution in [0.1, 0.15) is 36.0 Å². The van der Waals surface area contributed by atoms with Crippen LogP contribution >= 0.6 is 0 Å². The Morgan fingerprint density at radius 1 is 1.40 bits per heavy atom. The standard InChI is InChI=1S/C19H29N3O3/c1-24-19(8-11-25-12-9-19)14-21-15-5-4-10-22(13-15)17-7-3-2-6-16(17)18(20)23/h2-3,6-7,15,21H,4-5,8-14H2,1H3,(H2,20,23). The number of carbonyl (C=O) groups excluding carboxylic acids is 1. The zero-order valence-corrected chi connectivity index (χ0v) is 15.0. The van der Waals surface area contributed by atoms with E-state index in [0.717, 1.165) is 64.2 Å². The summed E-state index contributed by atoms with van der Waals surface area (Å²) in [6.45, 7) is 4.19. The first-order chi connectivity index (χ1) is 12.1. The van der Waals surface area contributed by atoms with Gasteiger partial charge in [-0.25, -0.2) is 0 Å². The second-order valence-electron chi connectivity index (χ2n) is 7.05. The molecule has 2 fully saturated rings. The Balaban J connectivity index is 1.63. The second kappa shape index (κ2) is 8.17. The zero-order valence-electron chi connectivity index (χ0n) is 15.0. The summed E-state index contributed by atoms with van der Waals surface area (Å²) in [5, 5.41) is 3.69. The maximum atomic E-state index is 11.7. The summed E-state index contributed by atoms with van der Waals surface area (Å²) in [7, 11) is 1.79. The summed E-state index contributed by atoms with van der Waals surface area (Å²) in [6, 6.07) is 7.98. The highest BCUT2D eigenvalue weighted by Crippen LogP contribution is 2.26. The first-order valence-electron chi connectivity index (χ1n) is 9.14. The highest BCUT2D eigenvalue weighted by atomic mass is 16.5. The molecule has 0 aliphatic carbocycles. The number of para-hydroxylation sites is 1. The molecule has 0 saturated carbocycles. The van der Waals surface area contributed by atoms with E-state index in [9.17, 15) is 4.79 Å². The molecule has 6 nitrogen and oxygen atoms in total. The van der Waals surface area contributed by atoms with Gasteiger partial charge in [-0.05, 0) is 25.0 Å². The van der Waals surface area contributed by atoms with E-state index in [1.165, 1.54) is 0 Å². The number of nitrogens with one attached hydrogen (secondary N) is 1. The summed E-state index contributed by atoms with van der Waals surface area (Å²) < 4.78 is 11.3. The first kappa shape index (κ1) is 18.2. The maximum absolute atomic E-state index is 11.7. The fourth-order valence-corrected chi connectivity index (χ4v) is 3.85. The molecule has 2 aliphatic rings. The lowest BCUT2D eigenvalue weighted by atomic mass is 9.93. The van der Waals surface area contributed by atoms with Crippen LogP contribution in [0.5, 0.6) is 0 Å². The Kier molecular flexibility index (Phi) is 5.93. The second-order valence-corrected chi connectivity index (χ2v) is 7.05. The van der Waals surface area contributed by atoms with Crippen molar-refractivity contribution in [2.75, 3.05) is 44.9 Å². The summed E-state index contributed by atoms with van der Waals surface area (Å²) in [5.74, 6) is -0.369. The molecule has 3 N–H and O–H groups in total. The molecule has 1 aromatic carbocycles. The summed E-state index contributed by atoms with van der Waals surface area (Å²) in [6.07, 6.45) is 4.08. The van der Waals surface area contributed by atoms with E-state index in [1.807, 2.05) is 18.2 Å². The Morgan fingerprint density at radius 2 is 2.16 bits per heavy atom. The molecule has 1 amide bonds. The van der Waals surface area contributed by atoms with Gasteiger partial charge in [-0.15, -0.1) is 0 Å². The normalized spacial score (nSPS) is 23.4. The van der Waals surface area contributed by atoms with Gasteiger partial charge in [0.25, 0.3) is 5.91 Å². The van der Waals surface area contributed by atoms with Gasteiger partial charge in [-0.1, -0.05) is 12.1 Å². The number of anilines is 1. The maximum Gasteiger partial charge on any atom is 0.250 e. The molecule has 0 aromatic heterocycles. The van der Waals surface area contributed by atoms with Gasteiger partial charge in [-0.2, -0.15) is 0 Å². The molecule has 2 aliphatic heterocycles. The van der Waals surface area contributed by atoms with Crippen molar-refractivity contribution >= 4 is 11.6 Å². The Hall–Kier alpha value is -1.63. The molecule has 1 aromatic rings. The number of nitrogens with zero attached hydrogens (tertiary/aromatic N) is 1. The average molecular weight is 347 g/mol. The van der Waals surface area contributed by atoms with Crippen LogP contribution in [0.3, 0.4) is 0 Å². The van der Waals surface area contributed by atoms with E-state index in [0.29, 0.717) is 11.6 Å². The molecule has 3 rings (SSSR count).